The summed E-state index contributed by atoms with van der Waals surface area (Å²) in [5.41, 5.74) is 10.5. The molecular weight excluding hydrogens is 322 g/mol. The fourth-order valence-electron chi connectivity index (χ4n) is 2.90. The number of anilines is 1. The quantitative estimate of drug-likeness (QED) is 0.570. The fraction of sp³-hybridized carbons (Fsp3) is 0.318. The van der Waals surface area contributed by atoms with Gasteiger partial charge in [-0.05, 0) is 56.5 Å². The number of aromatic nitrogens is 2. The summed E-state index contributed by atoms with van der Waals surface area (Å²) < 4.78 is 0. The Morgan fingerprint density at radius 3 is 2.35 bits per heavy atom. The van der Waals surface area contributed by atoms with Crippen LogP contribution in [0.1, 0.15) is 53.2 Å². The second kappa shape index (κ2) is 8.56. The lowest BCUT2D eigenvalue weighted by Gasteiger charge is -2.11. The number of nitrogens with two attached hydrogens (primary N) is 1. The molecule has 0 saturated heterocycles. The van der Waals surface area contributed by atoms with Gasteiger partial charge in [-0.2, -0.15) is 0 Å². The molecule has 0 amide bonds. The zero-order valence-electron chi connectivity index (χ0n) is 16.3. The highest BCUT2D eigenvalue weighted by Crippen LogP contribution is 2.26. The molecule has 0 radical (unpaired) electrons. The van der Waals surface area contributed by atoms with E-state index in [9.17, 15) is 4.79 Å². The van der Waals surface area contributed by atoms with Gasteiger partial charge in [-0.15, -0.1) is 0 Å². The van der Waals surface area contributed by atoms with E-state index in [0.29, 0.717) is 12.2 Å². The van der Waals surface area contributed by atoms with Crippen molar-refractivity contribution < 1.29 is 4.79 Å². The van der Waals surface area contributed by atoms with Crippen LogP contribution in [0, 0.1) is 0 Å². The summed E-state index contributed by atoms with van der Waals surface area (Å²) in [6, 6.07) is 3.82. The van der Waals surface area contributed by atoms with Gasteiger partial charge in [0.1, 0.15) is 5.82 Å². The number of nitrogens with zero attached hydrogens (tertiary/aromatic N) is 2. The van der Waals surface area contributed by atoms with E-state index in [2.05, 4.69) is 16.9 Å². The van der Waals surface area contributed by atoms with E-state index < -0.39 is 0 Å². The van der Waals surface area contributed by atoms with Crippen molar-refractivity contribution in [3.63, 3.8) is 0 Å². The molecule has 0 bridgehead atoms. The van der Waals surface area contributed by atoms with Gasteiger partial charge in [-0.3, -0.25) is 9.78 Å². The molecule has 0 atom stereocenters. The van der Waals surface area contributed by atoms with Gasteiger partial charge < -0.3 is 5.73 Å². The van der Waals surface area contributed by atoms with E-state index in [1.165, 1.54) is 0 Å². The zero-order valence-corrected chi connectivity index (χ0v) is 16.3. The average molecular weight is 349 g/mol. The summed E-state index contributed by atoms with van der Waals surface area (Å²) in [7, 11) is 0. The minimum atomic E-state index is 0.172. The molecule has 2 rings (SSSR count). The number of carbonyl (C=O) groups excluding carboxylic acids is 1. The highest BCUT2D eigenvalue weighted by molar-refractivity contribution is 5.99. The maximum atomic E-state index is 12.3. The van der Waals surface area contributed by atoms with Crippen molar-refractivity contribution in [3.05, 3.63) is 59.1 Å². The summed E-state index contributed by atoms with van der Waals surface area (Å²) in [6.45, 7) is 9.99. The summed E-state index contributed by atoms with van der Waals surface area (Å²) in [4.78, 5) is 21.1. The molecule has 4 nitrogen and oxygen atoms in total. The highest BCUT2D eigenvalue weighted by atomic mass is 16.1. The Balaban J connectivity index is 2.50. The van der Waals surface area contributed by atoms with Crippen molar-refractivity contribution in [1.82, 2.24) is 9.97 Å². The van der Waals surface area contributed by atoms with Gasteiger partial charge in [-0.1, -0.05) is 25.5 Å². The van der Waals surface area contributed by atoms with Crippen LogP contribution in [-0.2, 0) is 4.79 Å². The lowest BCUT2D eigenvalue weighted by molar-refractivity contribution is -0.115. The topological polar surface area (TPSA) is 68.9 Å². The molecule has 2 N–H and O–H groups in total. The standard InChI is InChI=1S/C22H27N3O/c1-6-14(4)19(21(26)8-3)9-15(5)18(7-2)20-10-16-13-25-22(23)11-17(16)12-24-20/h7,9-13H,6,8H2,1-5H3,(H2,23,25)/b15-9-,18-7+,19-14-. The van der Waals surface area contributed by atoms with Crippen LogP contribution in [0.15, 0.2) is 53.4 Å². The van der Waals surface area contributed by atoms with Crippen LogP contribution >= 0.6 is 0 Å². The number of ketones is 1. The molecule has 0 saturated carbocycles. The number of hydrogen-bond acceptors (Lipinski definition) is 4. The van der Waals surface area contributed by atoms with Gasteiger partial charge in [0.05, 0.1) is 5.69 Å². The van der Waals surface area contributed by atoms with E-state index >= 15 is 0 Å². The summed E-state index contributed by atoms with van der Waals surface area (Å²) >= 11 is 0. The van der Waals surface area contributed by atoms with E-state index in [1.54, 1.807) is 6.20 Å². The first-order chi connectivity index (χ1) is 12.4. The summed E-state index contributed by atoms with van der Waals surface area (Å²) in [5, 5.41) is 1.95. The number of nitrogen functional groups attached to an aromatic ring is 1. The maximum absolute atomic E-state index is 12.3. The van der Waals surface area contributed by atoms with Crippen LogP contribution in [0.25, 0.3) is 16.3 Å². The summed E-state index contributed by atoms with van der Waals surface area (Å²) in [5.74, 6) is 0.655. The summed E-state index contributed by atoms with van der Waals surface area (Å²) in [6.07, 6.45) is 8.95. The Hall–Kier alpha value is -2.75. The van der Waals surface area contributed by atoms with Gasteiger partial charge in [0, 0.05) is 35.2 Å². The van der Waals surface area contributed by atoms with Gasteiger partial charge in [0.25, 0.3) is 0 Å². The lowest BCUT2D eigenvalue weighted by atomic mass is 9.95. The molecular formula is C22H27N3O. The number of allylic oxidation sites excluding steroid dienone is 6. The van der Waals surface area contributed by atoms with E-state index in [0.717, 1.165) is 45.2 Å². The number of fused-ring (bicyclic) bond motifs is 1. The van der Waals surface area contributed by atoms with Crippen LogP contribution in [-0.4, -0.2) is 15.8 Å². The van der Waals surface area contributed by atoms with Crippen LogP contribution < -0.4 is 5.73 Å². The number of rotatable bonds is 6. The lowest BCUT2D eigenvalue weighted by Crippen LogP contribution is -2.02. The Kier molecular flexibility index (Phi) is 6.45. The van der Waals surface area contributed by atoms with Crippen molar-refractivity contribution in [2.75, 3.05) is 5.73 Å². The van der Waals surface area contributed by atoms with Gasteiger partial charge in [0.2, 0.25) is 0 Å². The predicted octanol–water partition coefficient (Wildman–Crippen LogP) is 5.27. The number of hydrogen-bond donors (Lipinski definition) is 1. The second-order valence-electron chi connectivity index (χ2n) is 6.38. The average Bonchev–Trinajstić information content (AvgIpc) is 2.65. The molecule has 0 aliphatic heterocycles. The first-order valence-electron chi connectivity index (χ1n) is 9.00. The largest absolute Gasteiger partial charge is 0.384 e. The van der Waals surface area contributed by atoms with E-state index in [-0.39, 0.29) is 5.78 Å². The highest BCUT2D eigenvalue weighted by Gasteiger charge is 2.12. The van der Waals surface area contributed by atoms with Crippen molar-refractivity contribution in [3.8, 4) is 0 Å². The van der Waals surface area contributed by atoms with Crippen LogP contribution in [0.3, 0.4) is 0 Å². The molecule has 0 spiro atoms. The van der Waals surface area contributed by atoms with Crippen LogP contribution in [0.2, 0.25) is 0 Å². The van der Waals surface area contributed by atoms with Gasteiger partial charge in [-0.25, -0.2) is 4.98 Å². The Morgan fingerprint density at radius 1 is 1.08 bits per heavy atom. The predicted molar refractivity (Wildman–Crippen MR) is 110 cm³/mol. The maximum Gasteiger partial charge on any atom is 0.162 e. The third kappa shape index (κ3) is 4.26. The normalized spacial score (nSPS) is 13.7. The third-order valence-electron chi connectivity index (χ3n) is 4.59. The van der Waals surface area contributed by atoms with Crippen molar-refractivity contribution in [2.45, 2.75) is 47.5 Å². The molecule has 2 aromatic rings. The first-order valence-corrected chi connectivity index (χ1v) is 9.00. The minimum absolute atomic E-state index is 0.172. The van der Waals surface area contributed by atoms with E-state index in [1.807, 2.05) is 58.2 Å². The van der Waals surface area contributed by atoms with Crippen LogP contribution in [0.4, 0.5) is 5.82 Å². The molecule has 0 aliphatic carbocycles. The molecule has 0 fully saturated rings. The Morgan fingerprint density at radius 2 is 1.73 bits per heavy atom. The number of carbonyl (C=O) groups is 1. The molecule has 4 heteroatoms. The van der Waals surface area contributed by atoms with Crippen molar-refractivity contribution in [1.29, 1.82) is 0 Å². The minimum Gasteiger partial charge on any atom is -0.384 e. The molecule has 0 unspecified atom stereocenters. The molecule has 2 heterocycles. The van der Waals surface area contributed by atoms with Crippen LogP contribution in [0.5, 0.6) is 0 Å². The monoisotopic (exact) mass is 349 g/mol. The smallest absolute Gasteiger partial charge is 0.162 e. The first kappa shape index (κ1) is 19.6. The molecule has 0 aliphatic rings. The Bertz CT molecular complexity index is 920. The third-order valence-corrected chi connectivity index (χ3v) is 4.59. The number of Topliss-reactive ketones (excluding diaryl/α,β-unsaturated/α-hetero) is 1. The fourth-order valence-corrected chi connectivity index (χ4v) is 2.90. The zero-order chi connectivity index (χ0) is 19.3. The molecule has 26 heavy (non-hydrogen) atoms. The van der Waals surface area contributed by atoms with E-state index in [4.69, 9.17) is 5.73 Å². The molecule has 136 valence electrons. The Labute approximate surface area is 155 Å². The van der Waals surface area contributed by atoms with Crippen molar-refractivity contribution in [2.24, 2.45) is 0 Å². The molecule has 2 aromatic heterocycles. The van der Waals surface area contributed by atoms with Gasteiger partial charge >= 0.3 is 0 Å². The van der Waals surface area contributed by atoms with Gasteiger partial charge in [0.15, 0.2) is 5.78 Å². The number of pyridine rings is 2. The molecule has 0 aromatic carbocycles. The second-order valence-corrected chi connectivity index (χ2v) is 6.38. The SMILES string of the molecule is C\C=C(/C(C)=C\C(C(=O)CC)=C(/C)CC)c1cc2cnc(N)cc2cn1. The van der Waals surface area contributed by atoms with Crippen molar-refractivity contribution >= 4 is 27.9 Å².